The van der Waals surface area contributed by atoms with Crippen LogP contribution in [-0.2, 0) is 23.0 Å². The fourth-order valence-corrected chi connectivity index (χ4v) is 3.44. The third-order valence-electron chi connectivity index (χ3n) is 3.16. The van der Waals surface area contributed by atoms with Gasteiger partial charge in [-0.25, -0.2) is 13.1 Å². The standard InChI is InChI=1S/C14H19N3O3S/c1-10-14(11(2)20-17-10)21(18,19)16-9-13-5-3-12(4-6-13)7-8-15/h3-6,16H,7-9,15H2,1-2H3. The smallest absolute Gasteiger partial charge is 0.246 e. The van der Waals surface area contributed by atoms with Gasteiger partial charge in [0.2, 0.25) is 10.0 Å². The van der Waals surface area contributed by atoms with Gasteiger partial charge in [0.1, 0.15) is 10.6 Å². The minimum Gasteiger partial charge on any atom is -0.360 e. The van der Waals surface area contributed by atoms with E-state index >= 15 is 0 Å². The van der Waals surface area contributed by atoms with Crippen LogP contribution < -0.4 is 10.5 Å². The molecular formula is C14H19N3O3S. The topological polar surface area (TPSA) is 98.2 Å². The summed E-state index contributed by atoms with van der Waals surface area (Å²) in [5.41, 5.74) is 7.86. The van der Waals surface area contributed by atoms with Crippen molar-refractivity contribution in [3.8, 4) is 0 Å². The molecule has 1 heterocycles. The number of sulfonamides is 1. The van der Waals surface area contributed by atoms with Crippen LogP contribution in [0, 0.1) is 13.8 Å². The maximum Gasteiger partial charge on any atom is 0.246 e. The van der Waals surface area contributed by atoms with Crippen LogP contribution in [0.2, 0.25) is 0 Å². The van der Waals surface area contributed by atoms with E-state index in [0.29, 0.717) is 18.0 Å². The predicted octanol–water partition coefficient (Wildman–Crippen LogP) is 1.27. The molecular weight excluding hydrogens is 290 g/mol. The number of nitrogens with zero attached hydrogens (tertiary/aromatic N) is 1. The Morgan fingerprint density at radius 2 is 1.81 bits per heavy atom. The highest BCUT2D eigenvalue weighted by Crippen LogP contribution is 2.18. The Morgan fingerprint density at radius 3 is 2.33 bits per heavy atom. The average molecular weight is 309 g/mol. The number of hydrogen-bond donors (Lipinski definition) is 2. The molecule has 2 rings (SSSR count). The third-order valence-corrected chi connectivity index (χ3v) is 4.80. The molecule has 0 radical (unpaired) electrons. The summed E-state index contributed by atoms with van der Waals surface area (Å²) in [6.07, 6.45) is 0.811. The molecule has 6 nitrogen and oxygen atoms in total. The molecule has 0 amide bonds. The molecule has 0 atom stereocenters. The minimum atomic E-state index is -3.62. The lowest BCUT2D eigenvalue weighted by Gasteiger charge is -2.07. The summed E-state index contributed by atoms with van der Waals surface area (Å²) in [5, 5.41) is 3.66. The number of nitrogens with one attached hydrogen (secondary N) is 1. The second-order valence-electron chi connectivity index (χ2n) is 4.83. The Labute approximate surface area is 124 Å². The Bertz CT molecular complexity index is 686. The van der Waals surface area contributed by atoms with E-state index in [9.17, 15) is 8.42 Å². The number of hydrogen-bond acceptors (Lipinski definition) is 5. The molecule has 1 aromatic heterocycles. The van der Waals surface area contributed by atoms with Gasteiger partial charge in [0.15, 0.2) is 5.76 Å². The van der Waals surface area contributed by atoms with Crippen LogP contribution in [0.4, 0.5) is 0 Å². The van der Waals surface area contributed by atoms with Gasteiger partial charge in [-0.15, -0.1) is 0 Å². The van der Waals surface area contributed by atoms with Gasteiger partial charge in [0.25, 0.3) is 0 Å². The van der Waals surface area contributed by atoms with Crippen LogP contribution in [0.5, 0.6) is 0 Å². The monoisotopic (exact) mass is 309 g/mol. The van der Waals surface area contributed by atoms with E-state index in [2.05, 4.69) is 9.88 Å². The Kier molecular flexibility index (Phi) is 4.76. The Morgan fingerprint density at radius 1 is 1.19 bits per heavy atom. The fraction of sp³-hybridized carbons (Fsp3) is 0.357. The molecule has 0 bridgehead atoms. The predicted molar refractivity (Wildman–Crippen MR) is 79.2 cm³/mol. The van der Waals surface area contributed by atoms with E-state index in [0.717, 1.165) is 17.5 Å². The van der Waals surface area contributed by atoms with E-state index in [-0.39, 0.29) is 11.4 Å². The van der Waals surface area contributed by atoms with Gasteiger partial charge >= 0.3 is 0 Å². The summed E-state index contributed by atoms with van der Waals surface area (Å²) in [4.78, 5) is 0.113. The third kappa shape index (κ3) is 3.69. The summed E-state index contributed by atoms with van der Waals surface area (Å²) >= 11 is 0. The van der Waals surface area contributed by atoms with Gasteiger partial charge in [-0.1, -0.05) is 29.4 Å². The largest absolute Gasteiger partial charge is 0.360 e. The second kappa shape index (κ2) is 6.38. The molecule has 114 valence electrons. The maximum absolute atomic E-state index is 12.3. The molecule has 21 heavy (non-hydrogen) atoms. The second-order valence-corrected chi connectivity index (χ2v) is 6.54. The van der Waals surface area contributed by atoms with Gasteiger partial charge in [-0.2, -0.15) is 0 Å². The fourth-order valence-electron chi connectivity index (χ4n) is 2.10. The highest BCUT2D eigenvalue weighted by Gasteiger charge is 2.23. The van der Waals surface area contributed by atoms with E-state index in [1.807, 2.05) is 24.3 Å². The van der Waals surface area contributed by atoms with Crippen molar-refractivity contribution in [2.75, 3.05) is 6.54 Å². The van der Waals surface area contributed by atoms with Crippen molar-refractivity contribution in [1.29, 1.82) is 0 Å². The molecule has 0 aliphatic heterocycles. The number of aromatic nitrogens is 1. The molecule has 2 aromatic rings. The first-order valence-electron chi connectivity index (χ1n) is 6.64. The van der Waals surface area contributed by atoms with Gasteiger partial charge < -0.3 is 10.3 Å². The molecule has 0 saturated heterocycles. The highest BCUT2D eigenvalue weighted by atomic mass is 32.2. The average Bonchev–Trinajstić information content (AvgIpc) is 2.78. The first-order chi connectivity index (χ1) is 9.94. The number of nitrogens with two attached hydrogens (primary N) is 1. The number of rotatable bonds is 6. The lowest BCUT2D eigenvalue weighted by molar-refractivity contribution is 0.390. The van der Waals surface area contributed by atoms with Crippen LogP contribution >= 0.6 is 0 Å². The van der Waals surface area contributed by atoms with E-state index < -0.39 is 10.0 Å². The number of aryl methyl sites for hydroxylation is 2. The molecule has 0 aliphatic rings. The quantitative estimate of drug-likeness (QED) is 0.837. The van der Waals surface area contributed by atoms with Crippen molar-refractivity contribution in [1.82, 2.24) is 9.88 Å². The van der Waals surface area contributed by atoms with Crippen LogP contribution in [0.15, 0.2) is 33.7 Å². The zero-order valence-electron chi connectivity index (χ0n) is 12.1. The van der Waals surface area contributed by atoms with Crippen molar-refractivity contribution in [2.24, 2.45) is 5.73 Å². The van der Waals surface area contributed by atoms with Crippen molar-refractivity contribution < 1.29 is 12.9 Å². The lowest BCUT2D eigenvalue weighted by atomic mass is 10.1. The molecule has 0 aliphatic carbocycles. The van der Waals surface area contributed by atoms with Crippen LogP contribution in [-0.4, -0.2) is 20.1 Å². The van der Waals surface area contributed by atoms with Gasteiger partial charge in [0.05, 0.1) is 0 Å². The molecule has 3 N–H and O–H groups in total. The first-order valence-corrected chi connectivity index (χ1v) is 8.13. The van der Waals surface area contributed by atoms with Crippen molar-refractivity contribution in [3.63, 3.8) is 0 Å². The van der Waals surface area contributed by atoms with Crippen molar-refractivity contribution >= 4 is 10.0 Å². The molecule has 7 heteroatoms. The van der Waals surface area contributed by atoms with Crippen molar-refractivity contribution in [3.05, 3.63) is 46.8 Å². The number of benzene rings is 1. The Balaban J connectivity index is 2.08. The summed E-state index contributed by atoms with van der Waals surface area (Å²) < 4.78 is 32.0. The zero-order chi connectivity index (χ0) is 15.5. The molecule has 0 saturated carbocycles. The van der Waals surface area contributed by atoms with E-state index in [1.54, 1.807) is 13.8 Å². The van der Waals surface area contributed by atoms with Gasteiger partial charge in [0, 0.05) is 6.54 Å². The van der Waals surface area contributed by atoms with E-state index in [1.165, 1.54) is 0 Å². The summed E-state index contributed by atoms with van der Waals surface area (Å²) in [6.45, 7) is 4.00. The van der Waals surface area contributed by atoms with Crippen molar-refractivity contribution in [2.45, 2.75) is 31.7 Å². The molecule has 0 fully saturated rings. The normalized spacial score (nSPS) is 11.8. The zero-order valence-corrected chi connectivity index (χ0v) is 12.9. The summed E-state index contributed by atoms with van der Waals surface area (Å²) in [7, 11) is -3.62. The first kappa shape index (κ1) is 15.7. The highest BCUT2D eigenvalue weighted by molar-refractivity contribution is 7.89. The maximum atomic E-state index is 12.3. The molecule has 0 unspecified atom stereocenters. The van der Waals surface area contributed by atoms with Gasteiger partial charge in [-0.3, -0.25) is 0 Å². The summed E-state index contributed by atoms with van der Waals surface area (Å²) in [6, 6.07) is 7.68. The Hall–Kier alpha value is -1.70. The summed E-state index contributed by atoms with van der Waals surface area (Å²) in [5.74, 6) is 0.290. The minimum absolute atomic E-state index is 0.113. The van der Waals surface area contributed by atoms with Crippen LogP contribution in [0.25, 0.3) is 0 Å². The van der Waals surface area contributed by atoms with Gasteiger partial charge in [-0.05, 0) is 37.9 Å². The lowest BCUT2D eigenvalue weighted by Crippen LogP contribution is -2.24. The van der Waals surface area contributed by atoms with Crippen LogP contribution in [0.1, 0.15) is 22.6 Å². The van der Waals surface area contributed by atoms with Crippen LogP contribution in [0.3, 0.4) is 0 Å². The molecule has 0 spiro atoms. The SMILES string of the molecule is Cc1noc(C)c1S(=O)(=O)NCc1ccc(CCN)cc1. The molecule has 1 aromatic carbocycles. The van der Waals surface area contributed by atoms with E-state index in [4.69, 9.17) is 10.3 Å².